The van der Waals surface area contributed by atoms with Crippen LogP contribution in [0.4, 0.5) is 14.5 Å². The van der Waals surface area contributed by atoms with E-state index in [1.54, 1.807) is 5.38 Å². The number of amides is 1. The maximum Gasteiger partial charge on any atom is 0.265 e. The molecule has 0 aliphatic carbocycles. The molecule has 0 aromatic carbocycles. The predicted octanol–water partition coefficient (Wildman–Crippen LogP) is 2.68. The molecule has 7 heteroatoms. The van der Waals surface area contributed by atoms with Gasteiger partial charge >= 0.3 is 0 Å². The monoisotopic (exact) mass is 270 g/mol. The lowest BCUT2D eigenvalue weighted by atomic mass is 10.3. The number of hydrogen-bond acceptors (Lipinski definition) is 4. The largest absolute Gasteiger partial charge is 0.496 e. The Labute approximate surface area is 105 Å². The van der Waals surface area contributed by atoms with Gasteiger partial charge in [0.2, 0.25) is 11.9 Å². The molecule has 0 saturated carbocycles. The Morgan fingerprint density at radius 3 is 2.83 bits per heavy atom. The molecule has 2 heterocycles. The van der Waals surface area contributed by atoms with Gasteiger partial charge in [0.1, 0.15) is 5.75 Å². The lowest BCUT2D eigenvalue weighted by Crippen LogP contribution is -2.12. The highest BCUT2D eigenvalue weighted by Crippen LogP contribution is 2.22. The molecule has 2 rings (SSSR count). The van der Waals surface area contributed by atoms with E-state index in [1.807, 2.05) is 0 Å². The number of carbonyl (C=O) groups is 1. The highest BCUT2D eigenvalue weighted by Gasteiger charge is 2.13. The molecule has 0 aliphatic heterocycles. The third kappa shape index (κ3) is 2.62. The number of nitrogens with zero attached hydrogens (tertiary/aromatic N) is 1. The average molecular weight is 270 g/mol. The summed E-state index contributed by atoms with van der Waals surface area (Å²) in [6, 6.07) is 3.60. The Kier molecular flexibility index (Phi) is 3.52. The standard InChI is InChI=1S/C11H8F2N2O2S/c1-17-6-4-8(18-5-6)11(16)14-7-2-3-9(12)15-10(7)13/h2-5H,1H3,(H,14,16). The first-order chi connectivity index (χ1) is 8.60. The lowest BCUT2D eigenvalue weighted by molar-refractivity contribution is 0.102. The lowest BCUT2D eigenvalue weighted by Gasteiger charge is -2.03. The van der Waals surface area contributed by atoms with Crippen LogP contribution in [-0.2, 0) is 0 Å². The molecule has 1 amide bonds. The van der Waals surface area contributed by atoms with E-state index in [0.29, 0.717) is 10.6 Å². The summed E-state index contributed by atoms with van der Waals surface area (Å²) in [6.45, 7) is 0. The zero-order chi connectivity index (χ0) is 13.1. The van der Waals surface area contributed by atoms with E-state index < -0.39 is 17.8 Å². The second kappa shape index (κ2) is 5.09. The number of pyridine rings is 1. The highest BCUT2D eigenvalue weighted by atomic mass is 32.1. The van der Waals surface area contributed by atoms with Crippen LogP contribution in [0.3, 0.4) is 0 Å². The van der Waals surface area contributed by atoms with Crippen molar-refractivity contribution in [1.82, 2.24) is 4.98 Å². The molecule has 18 heavy (non-hydrogen) atoms. The number of ether oxygens (including phenoxy) is 1. The van der Waals surface area contributed by atoms with Gasteiger partial charge in [0.15, 0.2) is 0 Å². The maximum atomic E-state index is 13.2. The minimum atomic E-state index is -1.06. The van der Waals surface area contributed by atoms with Gasteiger partial charge in [-0.3, -0.25) is 4.79 Å². The summed E-state index contributed by atoms with van der Waals surface area (Å²) < 4.78 is 30.7. The molecule has 0 aliphatic rings. The van der Waals surface area contributed by atoms with Crippen LogP contribution in [0.2, 0.25) is 0 Å². The summed E-state index contributed by atoms with van der Waals surface area (Å²) in [5.74, 6) is -1.96. The fourth-order valence-electron chi connectivity index (χ4n) is 1.23. The van der Waals surface area contributed by atoms with Crippen molar-refractivity contribution in [2.75, 3.05) is 12.4 Å². The first-order valence-electron chi connectivity index (χ1n) is 4.86. The molecule has 0 unspecified atom stereocenters. The van der Waals surface area contributed by atoms with Crippen molar-refractivity contribution in [2.45, 2.75) is 0 Å². The molecule has 0 atom stereocenters. The second-order valence-corrected chi connectivity index (χ2v) is 4.19. The normalized spacial score (nSPS) is 10.2. The molecule has 0 fully saturated rings. The molecule has 2 aromatic rings. The van der Waals surface area contributed by atoms with Crippen molar-refractivity contribution in [3.8, 4) is 5.75 Å². The fourth-order valence-corrected chi connectivity index (χ4v) is 1.98. The minimum Gasteiger partial charge on any atom is -0.496 e. The first kappa shape index (κ1) is 12.4. The molecular weight excluding hydrogens is 262 g/mol. The van der Waals surface area contributed by atoms with Crippen LogP contribution in [0.5, 0.6) is 5.75 Å². The van der Waals surface area contributed by atoms with Gasteiger partial charge in [0.05, 0.1) is 17.7 Å². The summed E-state index contributed by atoms with van der Waals surface area (Å²) in [7, 11) is 1.48. The van der Waals surface area contributed by atoms with Crippen LogP contribution < -0.4 is 10.1 Å². The van der Waals surface area contributed by atoms with Crippen molar-refractivity contribution in [1.29, 1.82) is 0 Å². The van der Waals surface area contributed by atoms with Crippen LogP contribution in [-0.4, -0.2) is 18.0 Å². The Balaban J connectivity index is 2.16. The third-order valence-corrected chi connectivity index (χ3v) is 3.01. The molecule has 0 saturated heterocycles. The number of thiophene rings is 1. The van der Waals surface area contributed by atoms with Crippen molar-refractivity contribution in [2.24, 2.45) is 0 Å². The number of nitrogens with one attached hydrogen (secondary N) is 1. The van der Waals surface area contributed by atoms with Crippen LogP contribution in [0, 0.1) is 11.9 Å². The average Bonchev–Trinajstić information content (AvgIpc) is 2.81. The van der Waals surface area contributed by atoms with Gasteiger partial charge in [-0.05, 0) is 12.1 Å². The number of aromatic nitrogens is 1. The Bertz CT molecular complexity index is 586. The molecule has 1 N–H and O–H groups in total. The van der Waals surface area contributed by atoms with E-state index in [9.17, 15) is 13.6 Å². The van der Waals surface area contributed by atoms with Crippen LogP contribution in [0.25, 0.3) is 0 Å². The molecule has 0 radical (unpaired) electrons. The van der Waals surface area contributed by atoms with Gasteiger partial charge in [0.25, 0.3) is 5.91 Å². The van der Waals surface area contributed by atoms with Crippen LogP contribution in [0.1, 0.15) is 9.67 Å². The Morgan fingerprint density at radius 1 is 1.44 bits per heavy atom. The number of anilines is 1. The zero-order valence-corrected chi connectivity index (χ0v) is 10.1. The number of halogens is 2. The molecule has 2 aromatic heterocycles. The summed E-state index contributed by atoms with van der Waals surface area (Å²) in [4.78, 5) is 15.1. The quantitative estimate of drug-likeness (QED) is 0.872. The van der Waals surface area contributed by atoms with Crippen LogP contribution >= 0.6 is 11.3 Å². The van der Waals surface area contributed by atoms with E-state index >= 15 is 0 Å². The van der Waals surface area contributed by atoms with E-state index in [4.69, 9.17) is 4.74 Å². The SMILES string of the molecule is COc1csc(C(=O)Nc2ccc(F)nc2F)c1. The fraction of sp³-hybridized carbons (Fsp3) is 0.0909. The minimum absolute atomic E-state index is 0.172. The van der Waals surface area contributed by atoms with Gasteiger partial charge in [0, 0.05) is 11.4 Å². The maximum absolute atomic E-state index is 13.2. The van der Waals surface area contributed by atoms with Gasteiger partial charge < -0.3 is 10.1 Å². The second-order valence-electron chi connectivity index (χ2n) is 3.28. The summed E-state index contributed by atoms with van der Waals surface area (Å²) in [6.07, 6.45) is 0. The summed E-state index contributed by atoms with van der Waals surface area (Å²) >= 11 is 1.16. The highest BCUT2D eigenvalue weighted by molar-refractivity contribution is 7.12. The van der Waals surface area contributed by atoms with Gasteiger partial charge in [-0.15, -0.1) is 11.3 Å². The molecular formula is C11H8F2N2O2S. The van der Waals surface area contributed by atoms with Crippen molar-refractivity contribution < 1.29 is 18.3 Å². The van der Waals surface area contributed by atoms with E-state index in [1.165, 1.54) is 13.2 Å². The van der Waals surface area contributed by atoms with E-state index in [2.05, 4.69) is 10.3 Å². The van der Waals surface area contributed by atoms with Crippen molar-refractivity contribution >= 4 is 22.9 Å². The number of rotatable bonds is 3. The smallest absolute Gasteiger partial charge is 0.265 e. The summed E-state index contributed by atoms with van der Waals surface area (Å²) in [5.41, 5.74) is -0.172. The molecule has 4 nitrogen and oxygen atoms in total. The number of methoxy groups -OCH3 is 1. The number of hydrogen-bond donors (Lipinski definition) is 1. The van der Waals surface area contributed by atoms with Crippen molar-refractivity contribution in [3.05, 3.63) is 40.4 Å². The first-order valence-corrected chi connectivity index (χ1v) is 5.74. The molecule has 0 spiro atoms. The predicted molar refractivity (Wildman–Crippen MR) is 63.0 cm³/mol. The van der Waals surface area contributed by atoms with E-state index in [0.717, 1.165) is 23.5 Å². The third-order valence-electron chi connectivity index (χ3n) is 2.10. The number of carbonyl (C=O) groups excluding carboxylic acids is 1. The topological polar surface area (TPSA) is 51.2 Å². The van der Waals surface area contributed by atoms with Gasteiger partial charge in [-0.25, -0.2) is 0 Å². The van der Waals surface area contributed by atoms with Crippen LogP contribution in [0.15, 0.2) is 23.6 Å². The zero-order valence-electron chi connectivity index (χ0n) is 9.24. The molecule has 0 bridgehead atoms. The van der Waals surface area contributed by atoms with Crippen molar-refractivity contribution in [3.63, 3.8) is 0 Å². The Hall–Kier alpha value is -2.02. The molecule has 94 valence electrons. The summed E-state index contributed by atoms with van der Waals surface area (Å²) in [5, 5.41) is 3.95. The van der Waals surface area contributed by atoms with Gasteiger partial charge in [-0.2, -0.15) is 13.8 Å². The Morgan fingerprint density at radius 2 is 2.22 bits per heavy atom. The van der Waals surface area contributed by atoms with E-state index in [-0.39, 0.29) is 5.69 Å². The van der Waals surface area contributed by atoms with Gasteiger partial charge in [-0.1, -0.05) is 0 Å².